The van der Waals surface area contributed by atoms with E-state index in [0.29, 0.717) is 0 Å². The van der Waals surface area contributed by atoms with Crippen molar-refractivity contribution < 1.29 is 14.6 Å². The first-order valence-corrected chi connectivity index (χ1v) is 4.91. The van der Waals surface area contributed by atoms with Crippen LogP contribution >= 0.6 is 0 Å². The van der Waals surface area contributed by atoms with E-state index in [1.54, 1.807) is 33.5 Å². The van der Waals surface area contributed by atoms with E-state index in [0.717, 1.165) is 11.3 Å². The molecule has 1 rings (SSSR count). The molecule has 1 aromatic rings. The highest BCUT2D eigenvalue weighted by molar-refractivity contribution is 5.27. The largest absolute Gasteiger partial charge is 0.497 e. The van der Waals surface area contributed by atoms with Crippen LogP contribution in [-0.4, -0.2) is 26.4 Å². The average molecular weight is 226 g/mol. The molecule has 0 aliphatic carbocycles. The summed E-state index contributed by atoms with van der Waals surface area (Å²) in [5, 5.41) is 8.70. The van der Waals surface area contributed by atoms with Crippen LogP contribution < -0.4 is 4.74 Å². The summed E-state index contributed by atoms with van der Waals surface area (Å²) in [5.41, 5.74) is 0.874. The molecule has 0 amide bonds. The molecule has 0 saturated heterocycles. The van der Waals surface area contributed by atoms with Gasteiger partial charge in [0.15, 0.2) is 0 Å². The van der Waals surface area contributed by atoms with E-state index in [9.17, 15) is 0 Å². The standard InChI is InChI=1S/C8H10O2.C3H6.C2H6O/c1-10-8-4-2-3-7(5-8)6-9;2*1-3-2/h2-5,9H,6H2,1H3;3H,1H2,2H3;1-2H3. The van der Waals surface area contributed by atoms with Crippen molar-refractivity contribution in [1.82, 2.24) is 0 Å². The van der Waals surface area contributed by atoms with Crippen molar-refractivity contribution in [2.24, 2.45) is 0 Å². The van der Waals surface area contributed by atoms with Crippen LogP contribution in [0.2, 0.25) is 0 Å². The van der Waals surface area contributed by atoms with Gasteiger partial charge in [-0.15, -0.1) is 6.58 Å². The van der Waals surface area contributed by atoms with Crippen molar-refractivity contribution in [1.29, 1.82) is 0 Å². The Kier molecular flexibility index (Phi) is 14.6. The molecule has 3 nitrogen and oxygen atoms in total. The van der Waals surface area contributed by atoms with Crippen LogP contribution in [0.25, 0.3) is 0 Å². The highest BCUT2D eigenvalue weighted by Crippen LogP contribution is 2.11. The van der Waals surface area contributed by atoms with E-state index in [2.05, 4.69) is 11.3 Å². The summed E-state index contributed by atoms with van der Waals surface area (Å²) in [6.45, 7) is 5.32. The van der Waals surface area contributed by atoms with E-state index < -0.39 is 0 Å². The van der Waals surface area contributed by atoms with Crippen LogP contribution in [0.15, 0.2) is 36.9 Å². The summed E-state index contributed by atoms with van der Waals surface area (Å²) in [6.07, 6.45) is 1.75. The monoisotopic (exact) mass is 226 g/mol. The predicted octanol–water partition coefficient (Wildman–Crippen LogP) is 2.64. The molecular formula is C13H22O3. The quantitative estimate of drug-likeness (QED) is 0.788. The number of hydrogen-bond donors (Lipinski definition) is 1. The molecular weight excluding hydrogens is 204 g/mol. The van der Waals surface area contributed by atoms with E-state index >= 15 is 0 Å². The molecule has 92 valence electrons. The van der Waals surface area contributed by atoms with Crippen LogP contribution in [0.3, 0.4) is 0 Å². The first-order chi connectivity index (χ1) is 7.69. The smallest absolute Gasteiger partial charge is 0.119 e. The second kappa shape index (κ2) is 13.7. The molecule has 0 bridgehead atoms. The normalized spacial score (nSPS) is 7.81. The number of allylic oxidation sites excluding steroid dienone is 1. The van der Waals surface area contributed by atoms with Gasteiger partial charge in [-0.25, -0.2) is 0 Å². The first kappa shape index (κ1) is 17.1. The summed E-state index contributed by atoms with van der Waals surface area (Å²) in [4.78, 5) is 0. The molecule has 0 aliphatic heterocycles. The zero-order valence-electron chi connectivity index (χ0n) is 10.6. The summed E-state index contributed by atoms with van der Waals surface area (Å²) in [5.74, 6) is 0.784. The average Bonchev–Trinajstić information content (AvgIpc) is 2.31. The Bertz CT molecular complexity index is 240. The number of ether oxygens (including phenoxy) is 2. The summed E-state index contributed by atoms with van der Waals surface area (Å²) >= 11 is 0. The summed E-state index contributed by atoms with van der Waals surface area (Å²) < 4.78 is 9.20. The lowest BCUT2D eigenvalue weighted by Crippen LogP contribution is -1.85. The Morgan fingerprint density at radius 1 is 1.31 bits per heavy atom. The number of benzene rings is 1. The van der Waals surface area contributed by atoms with Crippen molar-refractivity contribution in [2.45, 2.75) is 13.5 Å². The highest BCUT2D eigenvalue weighted by atomic mass is 16.5. The Balaban J connectivity index is 0. The molecule has 0 atom stereocenters. The van der Waals surface area contributed by atoms with Gasteiger partial charge in [0.1, 0.15) is 5.75 Å². The van der Waals surface area contributed by atoms with Gasteiger partial charge in [-0.2, -0.15) is 0 Å². The fourth-order valence-electron chi connectivity index (χ4n) is 0.771. The topological polar surface area (TPSA) is 38.7 Å². The number of aliphatic hydroxyl groups is 1. The van der Waals surface area contributed by atoms with Crippen molar-refractivity contribution >= 4 is 0 Å². The van der Waals surface area contributed by atoms with Gasteiger partial charge in [-0.3, -0.25) is 0 Å². The van der Waals surface area contributed by atoms with Gasteiger partial charge in [-0.05, 0) is 24.6 Å². The van der Waals surface area contributed by atoms with Crippen molar-refractivity contribution in [3.05, 3.63) is 42.5 Å². The van der Waals surface area contributed by atoms with E-state index in [1.807, 2.05) is 25.1 Å². The Hall–Kier alpha value is -1.32. The van der Waals surface area contributed by atoms with Crippen molar-refractivity contribution in [2.75, 3.05) is 21.3 Å². The van der Waals surface area contributed by atoms with E-state index in [1.165, 1.54) is 0 Å². The first-order valence-electron chi connectivity index (χ1n) is 4.91. The molecule has 0 aliphatic rings. The lowest BCUT2D eigenvalue weighted by Gasteiger charge is -1.99. The van der Waals surface area contributed by atoms with Crippen molar-refractivity contribution in [3.63, 3.8) is 0 Å². The SMILES string of the molecule is C=CC.COC.COc1cccc(CO)c1. The molecule has 0 fully saturated rings. The lowest BCUT2D eigenvalue weighted by molar-refractivity contribution is 0.277. The minimum atomic E-state index is 0.0667. The maximum atomic E-state index is 8.70. The van der Waals surface area contributed by atoms with Gasteiger partial charge >= 0.3 is 0 Å². The number of aliphatic hydroxyl groups excluding tert-OH is 1. The molecule has 1 aromatic carbocycles. The van der Waals surface area contributed by atoms with Crippen LogP contribution in [-0.2, 0) is 11.3 Å². The molecule has 0 radical (unpaired) electrons. The number of methoxy groups -OCH3 is 2. The van der Waals surface area contributed by atoms with Gasteiger partial charge in [0.25, 0.3) is 0 Å². The second-order valence-electron chi connectivity index (χ2n) is 2.83. The zero-order valence-corrected chi connectivity index (χ0v) is 10.6. The Labute approximate surface area is 98.3 Å². The van der Waals surface area contributed by atoms with Crippen LogP contribution in [0, 0.1) is 0 Å². The van der Waals surface area contributed by atoms with Gasteiger partial charge in [-0.1, -0.05) is 18.2 Å². The Morgan fingerprint density at radius 3 is 2.19 bits per heavy atom. The van der Waals surface area contributed by atoms with Crippen LogP contribution in [0.5, 0.6) is 5.75 Å². The molecule has 0 unspecified atom stereocenters. The van der Waals surface area contributed by atoms with Gasteiger partial charge in [0.05, 0.1) is 13.7 Å². The highest BCUT2D eigenvalue weighted by Gasteiger charge is 1.91. The van der Waals surface area contributed by atoms with Crippen molar-refractivity contribution in [3.8, 4) is 5.75 Å². The lowest BCUT2D eigenvalue weighted by atomic mass is 10.2. The maximum absolute atomic E-state index is 8.70. The molecule has 0 heterocycles. The maximum Gasteiger partial charge on any atom is 0.119 e. The molecule has 0 aromatic heterocycles. The van der Waals surface area contributed by atoms with Gasteiger partial charge in [0.2, 0.25) is 0 Å². The minimum Gasteiger partial charge on any atom is -0.497 e. The molecule has 0 saturated carbocycles. The molecule has 1 N–H and O–H groups in total. The summed E-state index contributed by atoms with van der Waals surface area (Å²) in [7, 11) is 4.86. The third-order valence-corrected chi connectivity index (χ3v) is 1.32. The number of hydrogen-bond acceptors (Lipinski definition) is 3. The van der Waals surface area contributed by atoms with Crippen LogP contribution in [0.1, 0.15) is 12.5 Å². The molecule has 16 heavy (non-hydrogen) atoms. The summed E-state index contributed by atoms with van der Waals surface area (Å²) in [6, 6.07) is 7.35. The van der Waals surface area contributed by atoms with Gasteiger partial charge in [0, 0.05) is 14.2 Å². The predicted molar refractivity (Wildman–Crippen MR) is 67.7 cm³/mol. The minimum absolute atomic E-state index is 0.0667. The molecule has 3 heteroatoms. The third kappa shape index (κ3) is 10.8. The molecule has 0 spiro atoms. The second-order valence-corrected chi connectivity index (χ2v) is 2.83. The number of rotatable bonds is 2. The third-order valence-electron chi connectivity index (χ3n) is 1.32. The van der Waals surface area contributed by atoms with E-state index in [4.69, 9.17) is 9.84 Å². The fraction of sp³-hybridized carbons (Fsp3) is 0.385. The zero-order chi connectivity index (χ0) is 12.8. The van der Waals surface area contributed by atoms with Gasteiger partial charge < -0.3 is 14.6 Å². The fourth-order valence-corrected chi connectivity index (χ4v) is 0.771. The van der Waals surface area contributed by atoms with E-state index in [-0.39, 0.29) is 6.61 Å². The Morgan fingerprint density at radius 2 is 1.81 bits per heavy atom. The van der Waals surface area contributed by atoms with Crippen LogP contribution in [0.4, 0.5) is 0 Å².